The van der Waals surface area contributed by atoms with Crippen molar-refractivity contribution >= 4 is 86.4 Å². The summed E-state index contributed by atoms with van der Waals surface area (Å²) in [6.45, 7) is 1.62. The number of carbonyl (C=O) groups excluding carboxylic acids is 9. The third kappa shape index (κ3) is 19.4. The second-order valence-corrected chi connectivity index (χ2v) is 21.0. The van der Waals surface area contributed by atoms with Gasteiger partial charge in [0.2, 0.25) is 53.2 Å². The van der Waals surface area contributed by atoms with Gasteiger partial charge in [-0.15, -0.1) is 0 Å². The first-order valence-corrected chi connectivity index (χ1v) is 27.2. The minimum atomic E-state index is -1.44. The van der Waals surface area contributed by atoms with Crippen LogP contribution in [0.3, 0.4) is 0 Å². The van der Waals surface area contributed by atoms with Crippen LogP contribution in [0.1, 0.15) is 65.2 Å². The summed E-state index contributed by atoms with van der Waals surface area (Å²) in [5.74, 6) is -7.51. The Labute approximate surface area is 452 Å². The number of carbonyl (C=O) groups is 9. The van der Waals surface area contributed by atoms with Gasteiger partial charge in [0.1, 0.15) is 53.8 Å². The number of halogens is 1. The number of hydrogen-bond acceptors (Lipinski definition) is 14. The fourth-order valence-corrected chi connectivity index (χ4v) is 10.2. The number of hydrogen-bond donors (Lipinski definition) is 12. The van der Waals surface area contributed by atoms with Gasteiger partial charge >= 0.3 is 0 Å². The predicted octanol–water partition coefficient (Wildman–Crippen LogP) is 0.934. The van der Waals surface area contributed by atoms with E-state index in [-0.39, 0.29) is 73.6 Å². The maximum atomic E-state index is 14.6. The maximum absolute atomic E-state index is 14.6. The second-order valence-electron chi connectivity index (χ2n) is 18.0. The van der Waals surface area contributed by atoms with Gasteiger partial charge < -0.3 is 64.6 Å². The highest BCUT2D eigenvalue weighted by atomic mass is 35.5. The third-order valence-electron chi connectivity index (χ3n) is 12.1. The van der Waals surface area contributed by atoms with Gasteiger partial charge in [0.25, 0.3) is 0 Å². The van der Waals surface area contributed by atoms with E-state index in [0.717, 1.165) is 27.2 Å². The number of nitrogens with one attached hydrogen (secondary N) is 7. The average Bonchev–Trinajstić information content (AvgIpc) is 3.39. The van der Waals surface area contributed by atoms with Crippen molar-refractivity contribution in [3.8, 4) is 11.5 Å². The normalized spacial score (nSPS) is 20.5. The van der Waals surface area contributed by atoms with Crippen molar-refractivity contribution < 1.29 is 53.4 Å². The van der Waals surface area contributed by atoms with Crippen molar-refractivity contribution in [3.05, 3.63) is 130 Å². The van der Waals surface area contributed by atoms with Crippen molar-refractivity contribution in [2.75, 3.05) is 18.1 Å². The summed E-state index contributed by atoms with van der Waals surface area (Å²) in [6, 6.07) is 15.1. The van der Waals surface area contributed by atoms with E-state index in [4.69, 9.17) is 28.8 Å². The minimum absolute atomic E-state index is 0.0271. The molecule has 9 amide bonds. The van der Waals surface area contributed by atoms with Crippen LogP contribution in [-0.2, 0) is 64.0 Å². The van der Waals surface area contributed by atoms with Crippen molar-refractivity contribution in [1.82, 2.24) is 37.2 Å². The van der Waals surface area contributed by atoms with E-state index in [1.54, 1.807) is 36.4 Å². The Morgan fingerprint density at radius 2 is 1.16 bits per heavy atom. The molecule has 0 radical (unpaired) electrons. The SMILES string of the molecule is C[C@@H]1NC(=O)[C@H](CCCCN)NC(=O)[C@@H](Cc2ccc(C(N)=O)cc2)NC(=O)[C@H](Cc2ccc(O)cc2)NC(=O)[C@H](NC(=O)CCc2ccc(Cl)cc2)CSSC[C@@H](C(=O)NC(Cc2ccc(O)cc2)C(N)=O)NC1=O. The minimum Gasteiger partial charge on any atom is -0.508 e. The zero-order valence-corrected chi connectivity index (χ0v) is 43.9. The number of nitrogens with two attached hydrogens (primary N) is 3. The van der Waals surface area contributed by atoms with Crippen LogP contribution >= 0.6 is 33.2 Å². The molecule has 15 N–H and O–H groups in total. The largest absolute Gasteiger partial charge is 0.508 e. The third-order valence-corrected chi connectivity index (χ3v) is 14.8. The lowest BCUT2D eigenvalue weighted by molar-refractivity contribution is -0.135. The van der Waals surface area contributed by atoms with Crippen LogP contribution in [0.15, 0.2) is 97.1 Å². The van der Waals surface area contributed by atoms with Crippen LogP contribution in [0.2, 0.25) is 5.02 Å². The van der Waals surface area contributed by atoms with Crippen LogP contribution < -0.4 is 54.4 Å². The standard InChI is InChI=1S/C52H63ClN10O11S2/c1-29-47(69)63-43(52(74)60-39(46(56)68)24-32-9-18-36(64)19-10-32)28-76-75-27-42(58-44(66)22-13-30-7-16-35(53)17-8-30)51(73)62-41(26-33-11-20-37(65)21-12-33)50(72)61-40(25-31-5-14-34(15-6-31)45(55)67)49(71)59-38(48(70)57-29)4-2-3-23-54/h5-12,14-21,29,38-43,64-65H,2-4,13,22-28,54H2,1H3,(H2,55,67)(H2,56,68)(H,57,70)(H,58,66)(H,59,71)(H,60,74)(H,61,72)(H,62,73)(H,63,69)/t29-,38-,39?,40+,41-,42+,43-/m0/s1. The van der Waals surface area contributed by atoms with Gasteiger partial charge in [-0.1, -0.05) is 81.7 Å². The molecular formula is C52H63ClN10O11S2. The highest BCUT2D eigenvalue weighted by molar-refractivity contribution is 8.76. The van der Waals surface area contributed by atoms with Crippen LogP contribution in [0, 0.1) is 0 Å². The highest BCUT2D eigenvalue weighted by Gasteiger charge is 2.34. The number of aromatic hydroxyl groups is 2. The molecule has 1 fully saturated rings. The first-order valence-electron chi connectivity index (χ1n) is 24.3. The van der Waals surface area contributed by atoms with Gasteiger partial charge in [-0.3, -0.25) is 43.2 Å². The summed E-state index contributed by atoms with van der Waals surface area (Å²) in [7, 11) is 2.07. The molecule has 76 heavy (non-hydrogen) atoms. The zero-order valence-electron chi connectivity index (χ0n) is 41.6. The Bertz CT molecular complexity index is 2670. The van der Waals surface area contributed by atoms with E-state index in [2.05, 4.69) is 37.2 Å². The number of primary amides is 2. The molecule has 406 valence electrons. The van der Waals surface area contributed by atoms with Crippen molar-refractivity contribution in [3.63, 3.8) is 0 Å². The van der Waals surface area contributed by atoms with E-state index < -0.39 is 95.5 Å². The molecule has 1 saturated heterocycles. The molecule has 0 aromatic heterocycles. The lowest BCUT2D eigenvalue weighted by Gasteiger charge is -2.28. The zero-order chi connectivity index (χ0) is 55.3. The number of amides is 9. The lowest BCUT2D eigenvalue weighted by atomic mass is 10.0. The van der Waals surface area contributed by atoms with Gasteiger partial charge in [-0.25, -0.2) is 0 Å². The molecule has 0 spiro atoms. The topological polar surface area (TPSA) is 356 Å². The van der Waals surface area contributed by atoms with E-state index in [0.29, 0.717) is 34.6 Å². The van der Waals surface area contributed by atoms with Crippen LogP contribution in [0.4, 0.5) is 0 Å². The van der Waals surface area contributed by atoms with Crippen molar-refractivity contribution in [1.29, 1.82) is 0 Å². The summed E-state index contributed by atoms with van der Waals surface area (Å²) < 4.78 is 0. The number of rotatable bonds is 18. The molecule has 1 heterocycles. The van der Waals surface area contributed by atoms with Crippen LogP contribution in [0.25, 0.3) is 0 Å². The molecule has 0 saturated carbocycles. The summed E-state index contributed by atoms with van der Waals surface area (Å²) >= 11 is 6.06. The summed E-state index contributed by atoms with van der Waals surface area (Å²) in [6.07, 6.45) is 0.631. The number of aryl methyl sites for hydroxylation is 1. The Kier molecular flexibility index (Phi) is 23.2. The van der Waals surface area contributed by atoms with E-state index in [9.17, 15) is 53.4 Å². The van der Waals surface area contributed by atoms with Gasteiger partial charge in [-0.05, 0) is 110 Å². The number of phenolic OH excluding ortho intramolecular Hbond substituents is 2. The first kappa shape index (κ1) is 59.5. The van der Waals surface area contributed by atoms with E-state index in [1.165, 1.54) is 67.6 Å². The molecule has 4 aromatic rings. The Morgan fingerprint density at radius 1 is 0.645 bits per heavy atom. The number of phenols is 2. The lowest BCUT2D eigenvalue weighted by Crippen LogP contribution is -2.60. The van der Waals surface area contributed by atoms with E-state index in [1.807, 2.05) is 0 Å². The molecule has 1 unspecified atom stereocenters. The number of benzene rings is 4. The average molecular weight is 1100 g/mol. The molecular weight excluding hydrogens is 1040 g/mol. The fraction of sp³-hybridized carbons (Fsp3) is 0.365. The molecule has 24 heteroatoms. The monoisotopic (exact) mass is 1100 g/mol. The smallest absolute Gasteiger partial charge is 0.248 e. The van der Waals surface area contributed by atoms with E-state index >= 15 is 0 Å². The van der Waals surface area contributed by atoms with Gasteiger partial charge in [0, 0.05) is 47.8 Å². The highest BCUT2D eigenvalue weighted by Crippen LogP contribution is 2.24. The first-order chi connectivity index (χ1) is 36.3. The molecule has 21 nitrogen and oxygen atoms in total. The molecule has 1 aliphatic rings. The Hall–Kier alpha value is -7.34. The summed E-state index contributed by atoms with van der Waals surface area (Å²) in [5.41, 5.74) is 19.4. The Morgan fingerprint density at radius 3 is 1.72 bits per heavy atom. The predicted molar refractivity (Wildman–Crippen MR) is 288 cm³/mol. The summed E-state index contributed by atoms with van der Waals surface area (Å²) in [4.78, 5) is 124. The molecule has 5 rings (SSSR count). The molecule has 7 atom stereocenters. The molecule has 0 bridgehead atoms. The van der Waals surface area contributed by atoms with Gasteiger partial charge in [0.15, 0.2) is 0 Å². The molecule has 1 aliphatic heterocycles. The number of unbranched alkanes of at least 4 members (excludes halogenated alkanes) is 1. The van der Waals surface area contributed by atoms with Crippen molar-refractivity contribution in [2.45, 2.75) is 101 Å². The van der Waals surface area contributed by atoms with Crippen LogP contribution in [-0.4, -0.2) is 124 Å². The second kappa shape index (κ2) is 29.7. The van der Waals surface area contributed by atoms with Crippen LogP contribution in [0.5, 0.6) is 11.5 Å². The van der Waals surface area contributed by atoms with Gasteiger partial charge in [0.05, 0.1) is 0 Å². The molecule has 0 aliphatic carbocycles. The van der Waals surface area contributed by atoms with Crippen molar-refractivity contribution in [2.24, 2.45) is 17.2 Å². The maximum Gasteiger partial charge on any atom is 0.248 e. The van der Waals surface area contributed by atoms with Gasteiger partial charge in [-0.2, -0.15) is 0 Å². The fourth-order valence-electron chi connectivity index (χ4n) is 7.72. The Balaban J connectivity index is 1.53. The quantitative estimate of drug-likeness (QED) is 0.0488. The summed E-state index contributed by atoms with van der Waals surface area (Å²) in [5, 5.41) is 39.1. The molecule has 4 aromatic carbocycles.